The molecular formula is C13H17NO4. The molecule has 18 heavy (non-hydrogen) atoms. The van der Waals surface area contributed by atoms with Crippen molar-refractivity contribution in [3.63, 3.8) is 0 Å². The molecule has 1 amide bonds. The molecule has 0 aliphatic carbocycles. The molecule has 0 atom stereocenters. The molecular weight excluding hydrogens is 234 g/mol. The smallest absolute Gasteiger partial charge is 0.305 e. The highest BCUT2D eigenvalue weighted by molar-refractivity contribution is 5.80. The van der Waals surface area contributed by atoms with Gasteiger partial charge in [-0.25, -0.2) is 0 Å². The van der Waals surface area contributed by atoms with E-state index in [2.05, 4.69) is 5.32 Å². The second-order valence-electron chi connectivity index (χ2n) is 3.99. The molecule has 0 saturated carbocycles. The maximum atomic E-state index is 11.6. The zero-order valence-electron chi connectivity index (χ0n) is 10.5. The number of ether oxygens (including phenoxy) is 1. The Balaban J connectivity index is 2.58. The molecule has 0 aliphatic rings. The van der Waals surface area contributed by atoms with Gasteiger partial charge in [-0.1, -0.05) is 17.7 Å². The minimum atomic E-state index is -0.927. The highest BCUT2D eigenvalue weighted by atomic mass is 16.5. The summed E-state index contributed by atoms with van der Waals surface area (Å²) in [5.74, 6) is -0.474. The summed E-state index contributed by atoms with van der Waals surface area (Å²) in [5.41, 5.74) is 1.84. The molecule has 1 aromatic carbocycles. The fourth-order valence-electron chi connectivity index (χ4n) is 1.59. The molecule has 0 unspecified atom stereocenters. The molecule has 2 N–H and O–H groups in total. The number of carbonyl (C=O) groups is 2. The molecule has 0 heterocycles. The number of hydrogen-bond acceptors (Lipinski definition) is 3. The van der Waals surface area contributed by atoms with Gasteiger partial charge < -0.3 is 15.2 Å². The fourth-order valence-corrected chi connectivity index (χ4v) is 1.59. The summed E-state index contributed by atoms with van der Waals surface area (Å²) < 4.78 is 5.17. The fraction of sp³-hybridized carbons (Fsp3) is 0.385. The van der Waals surface area contributed by atoms with Crippen molar-refractivity contribution in [1.29, 1.82) is 0 Å². The summed E-state index contributed by atoms with van der Waals surface area (Å²) in [6, 6.07) is 5.61. The summed E-state index contributed by atoms with van der Waals surface area (Å²) in [7, 11) is 1.55. The van der Waals surface area contributed by atoms with E-state index >= 15 is 0 Å². The Morgan fingerprint density at radius 1 is 1.39 bits per heavy atom. The summed E-state index contributed by atoms with van der Waals surface area (Å²) in [6.07, 6.45) is 0.112. The number of nitrogens with one attached hydrogen (secondary N) is 1. The van der Waals surface area contributed by atoms with Crippen LogP contribution in [-0.4, -0.2) is 30.6 Å². The van der Waals surface area contributed by atoms with Gasteiger partial charge in [-0.2, -0.15) is 0 Å². The normalized spacial score (nSPS) is 9.89. The number of methoxy groups -OCH3 is 1. The molecule has 0 spiro atoms. The number of hydrogen-bond donors (Lipinski definition) is 2. The van der Waals surface area contributed by atoms with Crippen molar-refractivity contribution in [2.75, 3.05) is 13.7 Å². The van der Waals surface area contributed by atoms with Gasteiger partial charge >= 0.3 is 5.97 Å². The van der Waals surface area contributed by atoms with Crippen molar-refractivity contribution in [3.8, 4) is 5.75 Å². The first-order valence-corrected chi connectivity index (χ1v) is 5.65. The molecule has 0 saturated heterocycles. The van der Waals surface area contributed by atoms with Crippen molar-refractivity contribution in [2.24, 2.45) is 0 Å². The number of carboxylic acid groups (broad SMARTS) is 1. The van der Waals surface area contributed by atoms with Crippen LogP contribution in [0, 0.1) is 6.92 Å². The Morgan fingerprint density at radius 3 is 2.72 bits per heavy atom. The average Bonchev–Trinajstić information content (AvgIpc) is 2.28. The number of aryl methyl sites for hydroxylation is 1. The van der Waals surface area contributed by atoms with Gasteiger partial charge in [0.1, 0.15) is 5.75 Å². The van der Waals surface area contributed by atoms with E-state index in [-0.39, 0.29) is 25.3 Å². The van der Waals surface area contributed by atoms with E-state index in [4.69, 9.17) is 9.84 Å². The lowest BCUT2D eigenvalue weighted by molar-refractivity contribution is -0.136. The molecule has 98 valence electrons. The predicted octanol–water partition coefficient (Wildman–Crippen LogP) is 1.14. The van der Waals surface area contributed by atoms with Crippen LogP contribution in [0.4, 0.5) is 0 Å². The topological polar surface area (TPSA) is 75.6 Å². The summed E-state index contributed by atoms with van der Waals surface area (Å²) in [5, 5.41) is 11.0. The molecule has 5 nitrogen and oxygen atoms in total. The van der Waals surface area contributed by atoms with Crippen LogP contribution < -0.4 is 10.1 Å². The van der Waals surface area contributed by atoms with E-state index in [1.54, 1.807) is 7.11 Å². The second kappa shape index (κ2) is 6.64. The van der Waals surface area contributed by atoms with Crippen LogP contribution >= 0.6 is 0 Å². The Kier molecular flexibility index (Phi) is 5.17. The molecule has 0 aromatic heterocycles. The van der Waals surface area contributed by atoms with Gasteiger partial charge in [0.25, 0.3) is 0 Å². The van der Waals surface area contributed by atoms with Gasteiger partial charge in [-0.05, 0) is 13.0 Å². The summed E-state index contributed by atoms with van der Waals surface area (Å²) >= 11 is 0. The highest BCUT2D eigenvalue weighted by Crippen LogP contribution is 2.19. The quantitative estimate of drug-likeness (QED) is 0.795. The van der Waals surface area contributed by atoms with E-state index in [9.17, 15) is 9.59 Å². The van der Waals surface area contributed by atoms with Crippen LogP contribution in [0.2, 0.25) is 0 Å². The summed E-state index contributed by atoms with van der Waals surface area (Å²) in [4.78, 5) is 21.9. The van der Waals surface area contributed by atoms with E-state index < -0.39 is 5.97 Å². The van der Waals surface area contributed by atoms with Gasteiger partial charge in [0, 0.05) is 12.1 Å². The third kappa shape index (κ3) is 4.45. The van der Waals surface area contributed by atoms with Crippen LogP contribution in [0.1, 0.15) is 17.5 Å². The molecule has 1 aromatic rings. The standard InChI is InChI=1S/C13H17NO4/c1-9-3-4-11(18-2)10(7-9)8-12(15)14-6-5-13(16)17/h3-4,7H,5-6,8H2,1-2H3,(H,14,15)(H,16,17). The van der Waals surface area contributed by atoms with Gasteiger partial charge in [0.15, 0.2) is 0 Å². The van der Waals surface area contributed by atoms with Gasteiger partial charge in [0.05, 0.1) is 20.0 Å². The number of carbonyl (C=O) groups excluding carboxylic acids is 1. The van der Waals surface area contributed by atoms with Crippen molar-refractivity contribution >= 4 is 11.9 Å². The molecule has 0 aliphatic heterocycles. The van der Waals surface area contributed by atoms with Crippen LogP contribution in [0.5, 0.6) is 5.75 Å². The first-order valence-electron chi connectivity index (χ1n) is 5.65. The van der Waals surface area contributed by atoms with Crippen LogP contribution in [-0.2, 0) is 16.0 Å². The minimum Gasteiger partial charge on any atom is -0.496 e. The first-order chi connectivity index (χ1) is 8.52. The van der Waals surface area contributed by atoms with Gasteiger partial charge in [-0.15, -0.1) is 0 Å². The third-order valence-corrected chi connectivity index (χ3v) is 2.45. The van der Waals surface area contributed by atoms with E-state index in [1.807, 2.05) is 25.1 Å². The lowest BCUT2D eigenvalue weighted by Gasteiger charge is -2.09. The second-order valence-corrected chi connectivity index (χ2v) is 3.99. The number of aliphatic carboxylic acids is 1. The highest BCUT2D eigenvalue weighted by Gasteiger charge is 2.09. The zero-order valence-corrected chi connectivity index (χ0v) is 10.5. The van der Waals surface area contributed by atoms with Crippen molar-refractivity contribution in [1.82, 2.24) is 5.32 Å². The number of benzene rings is 1. The largest absolute Gasteiger partial charge is 0.496 e. The van der Waals surface area contributed by atoms with Crippen molar-refractivity contribution in [2.45, 2.75) is 19.8 Å². The van der Waals surface area contributed by atoms with Crippen LogP contribution in [0.3, 0.4) is 0 Å². The van der Waals surface area contributed by atoms with Crippen molar-refractivity contribution in [3.05, 3.63) is 29.3 Å². The van der Waals surface area contributed by atoms with E-state index in [0.717, 1.165) is 11.1 Å². The van der Waals surface area contributed by atoms with Gasteiger partial charge in [-0.3, -0.25) is 9.59 Å². The molecule has 1 rings (SSSR count). The molecule has 0 bridgehead atoms. The Bertz CT molecular complexity index is 443. The minimum absolute atomic E-state index is 0.0727. The molecule has 5 heteroatoms. The predicted molar refractivity (Wildman–Crippen MR) is 66.7 cm³/mol. The first kappa shape index (κ1) is 14.0. The molecule has 0 fully saturated rings. The Labute approximate surface area is 106 Å². The van der Waals surface area contributed by atoms with E-state index in [0.29, 0.717) is 5.75 Å². The number of amides is 1. The van der Waals surface area contributed by atoms with Crippen LogP contribution in [0.15, 0.2) is 18.2 Å². The van der Waals surface area contributed by atoms with Crippen LogP contribution in [0.25, 0.3) is 0 Å². The van der Waals surface area contributed by atoms with Gasteiger partial charge in [0.2, 0.25) is 5.91 Å². The zero-order chi connectivity index (χ0) is 13.5. The SMILES string of the molecule is COc1ccc(C)cc1CC(=O)NCCC(=O)O. The van der Waals surface area contributed by atoms with E-state index in [1.165, 1.54) is 0 Å². The number of rotatable bonds is 6. The number of carboxylic acids is 1. The monoisotopic (exact) mass is 251 g/mol. The summed E-state index contributed by atoms with van der Waals surface area (Å²) in [6.45, 7) is 2.08. The molecule has 0 radical (unpaired) electrons. The average molecular weight is 251 g/mol. The third-order valence-electron chi connectivity index (χ3n) is 2.45. The maximum absolute atomic E-state index is 11.6. The Morgan fingerprint density at radius 2 is 2.11 bits per heavy atom. The maximum Gasteiger partial charge on any atom is 0.305 e. The Hall–Kier alpha value is -2.04. The lowest BCUT2D eigenvalue weighted by atomic mass is 10.1. The lowest BCUT2D eigenvalue weighted by Crippen LogP contribution is -2.27. The van der Waals surface area contributed by atoms with Crippen molar-refractivity contribution < 1.29 is 19.4 Å².